The largest absolute Gasteiger partial charge is 0.396 e. The number of amides is 1. The first-order valence-corrected chi connectivity index (χ1v) is 6.37. The van der Waals surface area contributed by atoms with Gasteiger partial charge in [0.2, 0.25) is 5.91 Å². The van der Waals surface area contributed by atoms with Crippen LogP contribution < -0.4 is 10.6 Å². The summed E-state index contributed by atoms with van der Waals surface area (Å²) in [5.74, 6) is 0.717. The second-order valence-corrected chi connectivity index (χ2v) is 4.57. The van der Waals surface area contributed by atoms with Crippen molar-refractivity contribution in [2.24, 2.45) is 11.8 Å². The van der Waals surface area contributed by atoms with E-state index < -0.39 is 0 Å². The molecule has 0 radical (unpaired) electrons. The second-order valence-electron chi connectivity index (χ2n) is 4.57. The van der Waals surface area contributed by atoms with Gasteiger partial charge in [0.1, 0.15) is 0 Å². The van der Waals surface area contributed by atoms with E-state index in [-0.39, 0.29) is 18.4 Å². The number of hydrogen-bond donors (Lipinski definition) is 3. The Morgan fingerprint density at radius 3 is 3.00 bits per heavy atom. The van der Waals surface area contributed by atoms with Crippen molar-refractivity contribution < 1.29 is 9.90 Å². The summed E-state index contributed by atoms with van der Waals surface area (Å²) in [6.07, 6.45) is 3.87. The number of aliphatic hydroxyl groups is 1. The van der Waals surface area contributed by atoms with E-state index in [1.54, 1.807) is 0 Å². The summed E-state index contributed by atoms with van der Waals surface area (Å²) < 4.78 is 0. The predicted octanol–water partition coefficient (Wildman–Crippen LogP) is 0.511. The molecule has 1 fully saturated rings. The smallest absolute Gasteiger partial charge is 0.224 e. The lowest BCUT2D eigenvalue weighted by molar-refractivity contribution is -0.125. The minimum Gasteiger partial charge on any atom is -0.396 e. The van der Waals surface area contributed by atoms with E-state index in [0.29, 0.717) is 12.5 Å². The molecule has 0 aliphatic carbocycles. The molecular weight excluding hydrogens is 204 g/mol. The molecule has 1 unspecified atom stereocenters. The van der Waals surface area contributed by atoms with Crippen LogP contribution in [0.3, 0.4) is 0 Å². The molecule has 0 saturated carbocycles. The fourth-order valence-electron chi connectivity index (χ4n) is 2.10. The third-order valence-electron chi connectivity index (χ3n) is 3.35. The molecule has 1 saturated heterocycles. The Hall–Kier alpha value is -0.610. The number of carbonyl (C=O) groups is 1. The Bertz CT molecular complexity index is 203. The molecule has 4 nitrogen and oxygen atoms in total. The van der Waals surface area contributed by atoms with Crippen LogP contribution in [-0.4, -0.2) is 37.3 Å². The van der Waals surface area contributed by atoms with Crippen LogP contribution in [0.15, 0.2) is 0 Å². The van der Waals surface area contributed by atoms with Crippen LogP contribution in [0.1, 0.15) is 32.6 Å². The van der Waals surface area contributed by atoms with E-state index >= 15 is 0 Å². The second kappa shape index (κ2) is 7.63. The van der Waals surface area contributed by atoms with Gasteiger partial charge in [-0.15, -0.1) is 0 Å². The van der Waals surface area contributed by atoms with Crippen molar-refractivity contribution in [1.82, 2.24) is 10.6 Å². The fraction of sp³-hybridized carbons (Fsp3) is 0.917. The topological polar surface area (TPSA) is 61.4 Å². The lowest BCUT2D eigenvalue weighted by Gasteiger charge is -2.23. The van der Waals surface area contributed by atoms with Crippen LogP contribution in [0.4, 0.5) is 0 Å². The number of aliphatic hydroxyl groups excluding tert-OH is 1. The Morgan fingerprint density at radius 2 is 2.44 bits per heavy atom. The molecular formula is C12H24N2O2. The van der Waals surface area contributed by atoms with Crippen LogP contribution in [0.25, 0.3) is 0 Å². The molecule has 3 N–H and O–H groups in total. The van der Waals surface area contributed by atoms with Crippen LogP contribution in [0.5, 0.6) is 0 Å². The third kappa shape index (κ3) is 4.49. The van der Waals surface area contributed by atoms with Crippen LogP contribution in [0.2, 0.25) is 0 Å². The van der Waals surface area contributed by atoms with Crippen LogP contribution in [-0.2, 0) is 4.79 Å². The molecule has 0 aromatic rings. The molecule has 16 heavy (non-hydrogen) atoms. The highest BCUT2D eigenvalue weighted by atomic mass is 16.3. The maximum atomic E-state index is 11.8. The monoisotopic (exact) mass is 228 g/mol. The highest BCUT2D eigenvalue weighted by Crippen LogP contribution is 2.11. The molecule has 0 bridgehead atoms. The minimum absolute atomic E-state index is 0.139. The summed E-state index contributed by atoms with van der Waals surface area (Å²) in [6.45, 7) is 4.84. The Labute approximate surface area is 97.8 Å². The number of rotatable bonds is 6. The first-order chi connectivity index (χ1) is 7.77. The van der Waals surface area contributed by atoms with Crippen molar-refractivity contribution in [2.75, 3.05) is 26.2 Å². The summed E-state index contributed by atoms with van der Waals surface area (Å²) in [7, 11) is 0. The maximum absolute atomic E-state index is 11.8. The number of piperidine rings is 1. The van der Waals surface area contributed by atoms with E-state index in [0.717, 1.165) is 38.8 Å². The third-order valence-corrected chi connectivity index (χ3v) is 3.35. The lowest BCUT2D eigenvalue weighted by atomic mass is 9.98. The molecule has 2 atom stereocenters. The fourth-order valence-corrected chi connectivity index (χ4v) is 2.10. The van der Waals surface area contributed by atoms with Gasteiger partial charge in [-0.25, -0.2) is 0 Å². The molecule has 1 amide bonds. The predicted molar refractivity (Wildman–Crippen MR) is 64.1 cm³/mol. The zero-order chi connectivity index (χ0) is 11.8. The number of nitrogens with one attached hydrogen (secondary N) is 2. The molecule has 1 aliphatic heterocycles. The first kappa shape index (κ1) is 13.5. The van der Waals surface area contributed by atoms with Gasteiger partial charge in [0.15, 0.2) is 0 Å². The number of hydrogen-bond acceptors (Lipinski definition) is 3. The van der Waals surface area contributed by atoms with Gasteiger partial charge in [0.25, 0.3) is 0 Å². The van der Waals surface area contributed by atoms with Gasteiger partial charge >= 0.3 is 0 Å². The van der Waals surface area contributed by atoms with Gasteiger partial charge in [0.05, 0.1) is 5.92 Å². The van der Waals surface area contributed by atoms with Crippen molar-refractivity contribution in [1.29, 1.82) is 0 Å². The average Bonchev–Trinajstić information content (AvgIpc) is 2.35. The quantitative estimate of drug-likeness (QED) is 0.621. The van der Waals surface area contributed by atoms with E-state index in [9.17, 15) is 4.79 Å². The van der Waals surface area contributed by atoms with Crippen molar-refractivity contribution >= 4 is 5.91 Å². The van der Waals surface area contributed by atoms with E-state index in [1.807, 2.05) is 0 Å². The number of carbonyl (C=O) groups excluding carboxylic acids is 1. The first-order valence-electron chi connectivity index (χ1n) is 6.37. The molecule has 0 aromatic carbocycles. The zero-order valence-electron chi connectivity index (χ0n) is 10.2. The molecule has 1 aliphatic rings. The molecule has 4 heteroatoms. The van der Waals surface area contributed by atoms with Crippen LogP contribution >= 0.6 is 0 Å². The van der Waals surface area contributed by atoms with E-state index in [4.69, 9.17) is 5.11 Å². The lowest BCUT2D eigenvalue weighted by Crippen LogP contribution is -2.42. The standard InChI is InChI=1S/C12H24N2O2/c1-2-10(5-7-15)8-14-12(16)11-4-3-6-13-9-11/h10-11,13,15H,2-9H2,1H3,(H,14,16)/t10?,11-/m1/s1. The van der Waals surface area contributed by atoms with Gasteiger partial charge < -0.3 is 15.7 Å². The summed E-state index contributed by atoms with van der Waals surface area (Å²) in [6, 6.07) is 0. The van der Waals surface area contributed by atoms with Gasteiger partial charge in [-0.1, -0.05) is 13.3 Å². The van der Waals surface area contributed by atoms with Crippen molar-refractivity contribution in [3.05, 3.63) is 0 Å². The summed E-state index contributed by atoms with van der Waals surface area (Å²) in [5, 5.41) is 15.1. The zero-order valence-corrected chi connectivity index (χ0v) is 10.2. The van der Waals surface area contributed by atoms with E-state index in [1.165, 1.54) is 0 Å². The minimum atomic E-state index is 0.139. The highest BCUT2D eigenvalue weighted by molar-refractivity contribution is 5.78. The van der Waals surface area contributed by atoms with Gasteiger partial charge in [0, 0.05) is 19.7 Å². The average molecular weight is 228 g/mol. The molecule has 94 valence electrons. The summed E-state index contributed by atoms with van der Waals surface area (Å²) >= 11 is 0. The molecule has 0 aromatic heterocycles. The maximum Gasteiger partial charge on any atom is 0.224 e. The van der Waals surface area contributed by atoms with Gasteiger partial charge in [-0.05, 0) is 31.7 Å². The Kier molecular flexibility index (Phi) is 6.42. The van der Waals surface area contributed by atoms with Crippen molar-refractivity contribution in [3.8, 4) is 0 Å². The van der Waals surface area contributed by atoms with Crippen LogP contribution in [0, 0.1) is 11.8 Å². The van der Waals surface area contributed by atoms with Gasteiger partial charge in [-0.3, -0.25) is 4.79 Å². The van der Waals surface area contributed by atoms with Crippen molar-refractivity contribution in [3.63, 3.8) is 0 Å². The van der Waals surface area contributed by atoms with E-state index in [2.05, 4.69) is 17.6 Å². The Balaban J connectivity index is 2.22. The summed E-state index contributed by atoms with van der Waals surface area (Å²) in [4.78, 5) is 11.8. The molecule has 1 heterocycles. The van der Waals surface area contributed by atoms with Gasteiger partial charge in [-0.2, -0.15) is 0 Å². The normalized spacial score (nSPS) is 22.8. The SMILES string of the molecule is CCC(CCO)CNC(=O)[C@@H]1CCCNC1. The molecule has 1 rings (SSSR count). The highest BCUT2D eigenvalue weighted by Gasteiger charge is 2.20. The molecule has 0 spiro atoms. The summed E-state index contributed by atoms with van der Waals surface area (Å²) in [5.41, 5.74) is 0. The Morgan fingerprint density at radius 1 is 1.62 bits per heavy atom. The van der Waals surface area contributed by atoms with Crippen molar-refractivity contribution in [2.45, 2.75) is 32.6 Å².